The van der Waals surface area contributed by atoms with E-state index in [1.54, 1.807) is 0 Å². The molecule has 5 aliphatic carbocycles. The fourth-order valence-electron chi connectivity index (χ4n) is 10.3. The van der Waals surface area contributed by atoms with Crippen molar-refractivity contribution in [3.05, 3.63) is 12.2 Å². The molecule has 8 atom stereocenters. The molecule has 0 amide bonds. The molecule has 1 N–H and O–H groups in total. The van der Waals surface area contributed by atoms with E-state index >= 15 is 0 Å². The van der Waals surface area contributed by atoms with E-state index < -0.39 is 32.9 Å². The summed E-state index contributed by atoms with van der Waals surface area (Å²) in [6, 6.07) is 0. The standard InChI is InChI=1S/C25H32O6/c1-19(2)24(7-6-16(26)31-19)9-8-23-12-20(3)10-14-17(27)30-13-25(14,23)21(4,18(20)28)11-15(23)22(24,5)29/h6-7,14-15,29H,8-13H2,1-5H3/t14-,15-,20+,21-,22+,23-,24-,25+/m0/s1. The van der Waals surface area contributed by atoms with Crippen LogP contribution in [0.4, 0.5) is 0 Å². The molecule has 5 saturated carbocycles. The number of carbonyl (C=O) groups is 3. The number of hydrogen-bond acceptors (Lipinski definition) is 6. The Labute approximate surface area is 182 Å². The minimum Gasteiger partial charge on any atom is -0.465 e. The van der Waals surface area contributed by atoms with Crippen molar-refractivity contribution in [3.63, 3.8) is 0 Å². The van der Waals surface area contributed by atoms with Crippen molar-refractivity contribution < 1.29 is 29.0 Å². The van der Waals surface area contributed by atoms with Crippen LogP contribution in [-0.4, -0.2) is 40.6 Å². The van der Waals surface area contributed by atoms with Gasteiger partial charge < -0.3 is 14.6 Å². The fourth-order valence-corrected chi connectivity index (χ4v) is 10.3. The highest BCUT2D eigenvalue weighted by Gasteiger charge is 2.89. The summed E-state index contributed by atoms with van der Waals surface area (Å²) >= 11 is 0. The first kappa shape index (κ1) is 20.0. The van der Waals surface area contributed by atoms with E-state index in [4.69, 9.17) is 9.47 Å². The number of aliphatic hydroxyl groups is 1. The van der Waals surface area contributed by atoms with E-state index in [1.807, 2.05) is 40.7 Å². The van der Waals surface area contributed by atoms with Crippen LogP contribution in [0.3, 0.4) is 0 Å². The van der Waals surface area contributed by atoms with Crippen molar-refractivity contribution in [2.75, 3.05) is 6.61 Å². The molecule has 0 unspecified atom stereocenters. The third kappa shape index (κ3) is 1.67. The van der Waals surface area contributed by atoms with Gasteiger partial charge in [0.25, 0.3) is 0 Å². The molecule has 6 nitrogen and oxygen atoms in total. The maximum Gasteiger partial charge on any atom is 0.331 e. The third-order valence-corrected chi connectivity index (χ3v) is 11.4. The van der Waals surface area contributed by atoms with E-state index in [9.17, 15) is 19.5 Å². The highest BCUT2D eigenvalue weighted by Crippen LogP contribution is 2.86. The van der Waals surface area contributed by atoms with Gasteiger partial charge in [0.1, 0.15) is 11.4 Å². The van der Waals surface area contributed by atoms with Crippen LogP contribution in [0.5, 0.6) is 0 Å². The first-order valence-electron chi connectivity index (χ1n) is 11.6. The Morgan fingerprint density at radius 2 is 1.74 bits per heavy atom. The molecule has 3 spiro atoms. The minimum atomic E-state index is -1.21. The lowest BCUT2D eigenvalue weighted by molar-refractivity contribution is -0.266. The van der Waals surface area contributed by atoms with Crippen molar-refractivity contribution in [3.8, 4) is 0 Å². The van der Waals surface area contributed by atoms with E-state index in [1.165, 1.54) is 6.08 Å². The zero-order valence-corrected chi connectivity index (χ0v) is 19.0. The summed E-state index contributed by atoms with van der Waals surface area (Å²) in [4.78, 5) is 38.9. The lowest BCUT2D eigenvalue weighted by atomic mass is 9.32. The molecule has 6 fully saturated rings. The molecule has 4 bridgehead atoms. The second kappa shape index (κ2) is 4.95. The Morgan fingerprint density at radius 1 is 1.03 bits per heavy atom. The molecule has 0 aromatic carbocycles. The molecule has 0 radical (unpaired) electrons. The molecule has 0 aromatic rings. The molecule has 31 heavy (non-hydrogen) atoms. The zero-order chi connectivity index (χ0) is 22.5. The van der Waals surface area contributed by atoms with Gasteiger partial charge >= 0.3 is 11.9 Å². The largest absolute Gasteiger partial charge is 0.465 e. The summed E-state index contributed by atoms with van der Waals surface area (Å²) < 4.78 is 11.5. The summed E-state index contributed by atoms with van der Waals surface area (Å²) in [5.41, 5.74) is -5.01. The number of rotatable bonds is 0. The van der Waals surface area contributed by atoms with Crippen LogP contribution < -0.4 is 0 Å². The molecule has 168 valence electrons. The van der Waals surface area contributed by atoms with Gasteiger partial charge in [-0.25, -0.2) is 4.79 Å². The van der Waals surface area contributed by atoms with Crippen LogP contribution in [0.15, 0.2) is 12.2 Å². The quantitative estimate of drug-likeness (QED) is 0.597. The molecule has 2 heterocycles. The highest BCUT2D eigenvalue weighted by atomic mass is 16.6. The van der Waals surface area contributed by atoms with Gasteiger partial charge in [0.2, 0.25) is 0 Å². The number of carbonyl (C=O) groups excluding carboxylic acids is 3. The van der Waals surface area contributed by atoms with E-state index in [-0.39, 0.29) is 41.6 Å². The fraction of sp³-hybridized carbons (Fsp3) is 0.800. The van der Waals surface area contributed by atoms with E-state index in [0.29, 0.717) is 25.7 Å². The summed E-state index contributed by atoms with van der Waals surface area (Å²) in [5, 5.41) is 12.4. The third-order valence-electron chi connectivity index (χ3n) is 11.4. The normalized spacial score (nSPS) is 58.2. The van der Waals surface area contributed by atoms with Crippen molar-refractivity contribution >= 4 is 17.7 Å². The molecule has 7 aliphatic rings. The molecule has 1 saturated heterocycles. The Hall–Kier alpha value is -1.69. The van der Waals surface area contributed by atoms with Crippen LogP contribution in [0.1, 0.15) is 66.7 Å². The van der Waals surface area contributed by atoms with E-state index in [0.717, 1.165) is 6.42 Å². The average Bonchev–Trinajstić information content (AvgIpc) is 3.09. The maximum absolute atomic E-state index is 13.9. The summed E-state index contributed by atoms with van der Waals surface area (Å²) in [6.45, 7) is 9.97. The smallest absolute Gasteiger partial charge is 0.331 e. The van der Waals surface area contributed by atoms with Gasteiger partial charge in [-0.15, -0.1) is 0 Å². The van der Waals surface area contributed by atoms with Crippen LogP contribution >= 0.6 is 0 Å². The van der Waals surface area contributed by atoms with Gasteiger partial charge in [-0.05, 0) is 64.2 Å². The van der Waals surface area contributed by atoms with Gasteiger partial charge in [-0.1, -0.05) is 19.9 Å². The van der Waals surface area contributed by atoms with Crippen molar-refractivity contribution in [1.82, 2.24) is 0 Å². The summed E-state index contributed by atoms with van der Waals surface area (Å²) in [7, 11) is 0. The molecule has 2 aliphatic heterocycles. The first-order chi connectivity index (χ1) is 14.2. The number of ketones is 1. The Kier molecular flexibility index (Phi) is 3.19. The topological polar surface area (TPSA) is 89.9 Å². The van der Waals surface area contributed by atoms with Crippen molar-refractivity contribution in [2.45, 2.75) is 77.9 Å². The molecular formula is C25H32O6. The SMILES string of the molecule is CC1(C)OC(=O)C=C[C@]12CC[C@@]13C[C@@]4(C)C[C@H]5C(=O)OC[C@]51[C@@](C)(C[C@H]3[C@@]2(C)O)C4=O. The molecule has 7 rings (SSSR count). The minimum absolute atomic E-state index is 0.170. The first-order valence-corrected chi connectivity index (χ1v) is 11.6. The molecule has 0 aromatic heterocycles. The lowest BCUT2D eigenvalue weighted by Crippen LogP contribution is -2.73. The highest BCUT2D eigenvalue weighted by molar-refractivity contribution is 5.97. The van der Waals surface area contributed by atoms with E-state index in [2.05, 4.69) is 0 Å². The second-order valence-electron chi connectivity index (χ2n) is 12.5. The Balaban J connectivity index is 1.59. The number of Topliss-reactive ketones (excluding diaryl/α,β-unsaturated/α-hetero) is 1. The van der Waals surface area contributed by atoms with Crippen LogP contribution in [0.2, 0.25) is 0 Å². The summed E-state index contributed by atoms with van der Waals surface area (Å²) in [6.07, 6.45) is 6.53. The van der Waals surface area contributed by atoms with Gasteiger partial charge in [-0.3, -0.25) is 9.59 Å². The van der Waals surface area contributed by atoms with Crippen LogP contribution in [0.25, 0.3) is 0 Å². The Bertz CT molecular complexity index is 994. The van der Waals surface area contributed by atoms with Gasteiger partial charge in [-0.2, -0.15) is 0 Å². The summed E-state index contributed by atoms with van der Waals surface area (Å²) in [5.74, 6) is -0.793. The monoisotopic (exact) mass is 428 g/mol. The van der Waals surface area contributed by atoms with Crippen LogP contribution in [-0.2, 0) is 23.9 Å². The van der Waals surface area contributed by atoms with Gasteiger partial charge in [0.15, 0.2) is 0 Å². The predicted molar refractivity (Wildman–Crippen MR) is 109 cm³/mol. The number of hydrogen-bond donors (Lipinski definition) is 1. The van der Waals surface area contributed by atoms with Gasteiger partial charge in [0, 0.05) is 22.3 Å². The Morgan fingerprint density at radius 3 is 2.42 bits per heavy atom. The number of esters is 2. The van der Waals surface area contributed by atoms with Crippen molar-refractivity contribution in [2.24, 2.45) is 38.9 Å². The van der Waals surface area contributed by atoms with Crippen molar-refractivity contribution in [1.29, 1.82) is 0 Å². The van der Waals surface area contributed by atoms with Gasteiger partial charge in [0.05, 0.1) is 23.5 Å². The molecular weight excluding hydrogens is 396 g/mol. The average molecular weight is 429 g/mol. The maximum atomic E-state index is 13.9. The lowest BCUT2D eigenvalue weighted by Gasteiger charge is -2.70. The zero-order valence-electron chi connectivity index (χ0n) is 19.0. The van der Waals surface area contributed by atoms with Crippen LogP contribution in [0, 0.1) is 38.9 Å². The second-order valence-corrected chi connectivity index (χ2v) is 12.5. The predicted octanol–water partition coefficient (Wildman–Crippen LogP) is 2.96. The number of cyclic esters (lactones) is 2. The molecule has 6 heteroatoms. The number of ether oxygens (including phenoxy) is 2.